The molecule has 8 heteroatoms. The van der Waals surface area contributed by atoms with Crippen molar-refractivity contribution in [2.24, 2.45) is 0 Å². The highest BCUT2D eigenvalue weighted by atomic mass is 19.1. The largest absolute Gasteiger partial charge is 0.490 e. The number of aliphatic carboxylic acids is 1. The maximum absolute atomic E-state index is 13.7. The number of carboxylic acids is 1. The Hall–Kier alpha value is -3.86. The van der Waals surface area contributed by atoms with E-state index < -0.39 is 24.3 Å². The lowest BCUT2D eigenvalue weighted by atomic mass is 10.1. The molecule has 0 radical (unpaired) electrons. The number of carboxylic acid groups (broad SMARTS) is 1. The van der Waals surface area contributed by atoms with E-state index in [1.807, 2.05) is 0 Å². The van der Waals surface area contributed by atoms with Gasteiger partial charge in [-0.05, 0) is 42.8 Å². The molecule has 0 fully saturated rings. The number of nitriles is 1. The minimum absolute atomic E-state index is 0.0407. The molecule has 0 aliphatic carbocycles. The molecule has 2 rings (SSSR count). The van der Waals surface area contributed by atoms with Crippen molar-refractivity contribution in [3.63, 3.8) is 0 Å². The Bertz CT molecular complexity index is 950. The van der Waals surface area contributed by atoms with Gasteiger partial charge in [0.2, 0.25) is 0 Å². The van der Waals surface area contributed by atoms with E-state index >= 15 is 0 Å². The highest BCUT2D eigenvalue weighted by Gasteiger charge is 2.13. The number of nitrogens with one attached hydrogen (secondary N) is 1. The van der Waals surface area contributed by atoms with Crippen LogP contribution < -0.4 is 14.8 Å². The first-order valence-corrected chi connectivity index (χ1v) is 8.23. The third-order valence-electron chi connectivity index (χ3n) is 3.42. The summed E-state index contributed by atoms with van der Waals surface area (Å²) < 4.78 is 24.2. The summed E-state index contributed by atoms with van der Waals surface area (Å²) in [7, 11) is 0. The fourth-order valence-corrected chi connectivity index (χ4v) is 2.21. The monoisotopic (exact) mass is 384 g/mol. The number of para-hydroxylation sites is 1. The zero-order valence-corrected chi connectivity index (χ0v) is 14.9. The lowest BCUT2D eigenvalue weighted by Crippen LogP contribution is -2.14. The van der Waals surface area contributed by atoms with Crippen molar-refractivity contribution in [1.82, 2.24) is 0 Å². The van der Waals surface area contributed by atoms with E-state index in [0.29, 0.717) is 12.2 Å². The van der Waals surface area contributed by atoms with E-state index in [2.05, 4.69) is 5.32 Å². The molecule has 144 valence electrons. The molecule has 7 nitrogen and oxygen atoms in total. The molecule has 2 aromatic carbocycles. The molecule has 28 heavy (non-hydrogen) atoms. The molecule has 0 bridgehead atoms. The van der Waals surface area contributed by atoms with Gasteiger partial charge in [0.25, 0.3) is 5.91 Å². The molecular formula is C20H17FN2O5. The number of carbonyl (C=O) groups is 2. The van der Waals surface area contributed by atoms with E-state index in [4.69, 9.17) is 14.6 Å². The summed E-state index contributed by atoms with van der Waals surface area (Å²) in [5, 5.41) is 20.3. The molecule has 0 atom stereocenters. The van der Waals surface area contributed by atoms with Crippen LogP contribution >= 0.6 is 0 Å². The Morgan fingerprint density at radius 3 is 2.61 bits per heavy atom. The third kappa shape index (κ3) is 5.57. The zero-order chi connectivity index (χ0) is 20.5. The van der Waals surface area contributed by atoms with Crippen LogP contribution in [0.3, 0.4) is 0 Å². The Morgan fingerprint density at radius 1 is 1.21 bits per heavy atom. The maximum atomic E-state index is 13.7. The van der Waals surface area contributed by atoms with E-state index in [1.165, 1.54) is 42.5 Å². The number of benzene rings is 2. The van der Waals surface area contributed by atoms with Crippen molar-refractivity contribution < 1.29 is 28.6 Å². The van der Waals surface area contributed by atoms with Gasteiger partial charge in [0.1, 0.15) is 17.5 Å². The summed E-state index contributed by atoms with van der Waals surface area (Å²) in [5.74, 6) is -2.04. The minimum Gasteiger partial charge on any atom is -0.490 e. The number of amides is 1. The first kappa shape index (κ1) is 20.5. The maximum Gasteiger partial charge on any atom is 0.341 e. The number of carbonyl (C=O) groups excluding carboxylic acids is 1. The van der Waals surface area contributed by atoms with Crippen molar-refractivity contribution >= 4 is 23.6 Å². The average molecular weight is 384 g/mol. The molecule has 0 aliphatic heterocycles. The number of nitrogens with zero attached hydrogens (tertiary/aromatic N) is 1. The van der Waals surface area contributed by atoms with Crippen molar-refractivity contribution in [3.05, 3.63) is 59.4 Å². The predicted octanol–water partition coefficient (Wildman–Crippen LogP) is 3.23. The number of ether oxygens (including phenoxy) is 2. The van der Waals surface area contributed by atoms with Crippen LogP contribution in [0.15, 0.2) is 48.0 Å². The average Bonchev–Trinajstić information content (AvgIpc) is 2.67. The van der Waals surface area contributed by atoms with Gasteiger partial charge in [-0.1, -0.05) is 18.2 Å². The van der Waals surface area contributed by atoms with Gasteiger partial charge in [0, 0.05) is 0 Å². The van der Waals surface area contributed by atoms with Gasteiger partial charge in [-0.15, -0.1) is 0 Å². The fraction of sp³-hybridized carbons (Fsp3) is 0.150. The molecule has 0 saturated carbocycles. The van der Waals surface area contributed by atoms with Crippen LogP contribution in [0.4, 0.5) is 10.1 Å². The van der Waals surface area contributed by atoms with Crippen LogP contribution in [0, 0.1) is 17.1 Å². The first-order chi connectivity index (χ1) is 13.4. The number of halogens is 1. The van der Waals surface area contributed by atoms with Crippen LogP contribution in [-0.2, 0) is 9.59 Å². The summed E-state index contributed by atoms with van der Waals surface area (Å²) in [4.78, 5) is 22.9. The third-order valence-corrected chi connectivity index (χ3v) is 3.42. The second-order valence-corrected chi connectivity index (χ2v) is 5.43. The van der Waals surface area contributed by atoms with Gasteiger partial charge in [-0.2, -0.15) is 5.26 Å². The van der Waals surface area contributed by atoms with Crippen LogP contribution in [0.25, 0.3) is 6.08 Å². The summed E-state index contributed by atoms with van der Waals surface area (Å²) in [6.07, 6.45) is 1.31. The van der Waals surface area contributed by atoms with Crippen LogP contribution in [0.5, 0.6) is 11.5 Å². The van der Waals surface area contributed by atoms with Gasteiger partial charge < -0.3 is 19.9 Å². The van der Waals surface area contributed by atoms with Gasteiger partial charge in [-0.25, -0.2) is 9.18 Å². The standard InChI is InChI=1S/C20H17FN2O5/c1-2-27-18-10-13(7-8-17(18)28-12-19(24)25)9-14(11-22)20(26)23-16-6-4-3-5-15(16)21/h3-10H,2,12H2,1H3,(H,23,26)(H,24,25)/b14-9+. The molecule has 1 amide bonds. The molecule has 2 N–H and O–H groups in total. The van der Waals surface area contributed by atoms with E-state index in [-0.39, 0.29) is 22.8 Å². The van der Waals surface area contributed by atoms with Crippen LogP contribution in [0.1, 0.15) is 12.5 Å². The summed E-state index contributed by atoms with van der Waals surface area (Å²) >= 11 is 0. The molecule has 0 heterocycles. The van der Waals surface area contributed by atoms with Gasteiger partial charge >= 0.3 is 5.97 Å². The number of anilines is 1. The summed E-state index contributed by atoms with van der Waals surface area (Å²) in [6, 6.07) is 11.9. The van der Waals surface area contributed by atoms with E-state index in [9.17, 15) is 19.2 Å². The second-order valence-electron chi connectivity index (χ2n) is 5.43. The van der Waals surface area contributed by atoms with Crippen molar-refractivity contribution in [2.75, 3.05) is 18.5 Å². The summed E-state index contributed by atoms with van der Waals surface area (Å²) in [5.41, 5.74) is 0.164. The normalized spacial score (nSPS) is 10.7. The molecule has 0 saturated heterocycles. The Balaban J connectivity index is 2.26. The summed E-state index contributed by atoms with van der Waals surface area (Å²) in [6.45, 7) is 1.51. The Labute approximate surface area is 160 Å². The van der Waals surface area contributed by atoms with Gasteiger partial charge in [-0.3, -0.25) is 4.79 Å². The quantitative estimate of drug-likeness (QED) is 0.534. The van der Waals surface area contributed by atoms with E-state index in [0.717, 1.165) is 0 Å². The smallest absolute Gasteiger partial charge is 0.341 e. The lowest BCUT2D eigenvalue weighted by molar-refractivity contribution is -0.139. The topological polar surface area (TPSA) is 109 Å². The van der Waals surface area contributed by atoms with Crippen molar-refractivity contribution in [3.8, 4) is 17.6 Å². The highest BCUT2D eigenvalue weighted by molar-refractivity contribution is 6.09. The molecular weight excluding hydrogens is 367 g/mol. The number of rotatable bonds is 8. The first-order valence-electron chi connectivity index (χ1n) is 8.23. The Kier molecular flexibility index (Phi) is 7.11. The molecule has 0 aromatic heterocycles. The van der Waals surface area contributed by atoms with Gasteiger partial charge in [0.15, 0.2) is 18.1 Å². The Morgan fingerprint density at radius 2 is 1.96 bits per heavy atom. The minimum atomic E-state index is -1.14. The number of hydrogen-bond donors (Lipinski definition) is 2. The molecule has 2 aromatic rings. The van der Waals surface area contributed by atoms with Crippen molar-refractivity contribution in [1.29, 1.82) is 5.26 Å². The van der Waals surface area contributed by atoms with E-state index in [1.54, 1.807) is 19.1 Å². The molecule has 0 spiro atoms. The van der Waals surface area contributed by atoms with Crippen molar-refractivity contribution in [2.45, 2.75) is 6.92 Å². The van der Waals surface area contributed by atoms with Gasteiger partial charge in [0.05, 0.1) is 12.3 Å². The van der Waals surface area contributed by atoms with Crippen LogP contribution in [0.2, 0.25) is 0 Å². The number of hydrogen-bond acceptors (Lipinski definition) is 5. The fourth-order valence-electron chi connectivity index (χ4n) is 2.21. The molecule has 0 aliphatic rings. The SMILES string of the molecule is CCOc1cc(/C=C(\C#N)C(=O)Nc2ccccc2F)ccc1OCC(=O)O. The highest BCUT2D eigenvalue weighted by Crippen LogP contribution is 2.29. The molecule has 0 unspecified atom stereocenters. The predicted molar refractivity (Wildman–Crippen MR) is 99.4 cm³/mol. The second kappa shape index (κ2) is 9.73. The zero-order valence-electron chi connectivity index (χ0n) is 14.9. The lowest BCUT2D eigenvalue weighted by Gasteiger charge is -2.11. The van der Waals surface area contributed by atoms with Crippen LogP contribution in [-0.4, -0.2) is 30.2 Å².